The summed E-state index contributed by atoms with van der Waals surface area (Å²) in [5.41, 5.74) is 0.632. The Labute approximate surface area is 142 Å². The summed E-state index contributed by atoms with van der Waals surface area (Å²) in [6.45, 7) is 5.90. The second-order valence-electron chi connectivity index (χ2n) is 6.73. The highest BCUT2D eigenvalue weighted by Gasteiger charge is 2.55. The molecule has 2 heterocycles. The van der Waals surface area contributed by atoms with Crippen molar-refractivity contribution in [3.05, 3.63) is 42.2 Å². The quantitative estimate of drug-likeness (QED) is 0.786. The molecule has 1 aliphatic rings. The van der Waals surface area contributed by atoms with Gasteiger partial charge in [0, 0.05) is 5.16 Å². The molecule has 6 heteroatoms. The van der Waals surface area contributed by atoms with Crippen LogP contribution >= 0.6 is 7.14 Å². The van der Waals surface area contributed by atoms with Crippen molar-refractivity contribution in [2.24, 2.45) is 0 Å². The average molecular weight is 347 g/mol. The first-order valence-electron chi connectivity index (χ1n) is 7.77. The molecule has 5 nitrogen and oxygen atoms in total. The van der Waals surface area contributed by atoms with Crippen LogP contribution in [0.1, 0.15) is 32.3 Å². The van der Waals surface area contributed by atoms with Crippen LogP contribution < -0.4 is 19.5 Å². The summed E-state index contributed by atoms with van der Waals surface area (Å²) in [5.74, 6) is 1.23. The zero-order valence-corrected chi connectivity index (χ0v) is 15.5. The van der Waals surface area contributed by atoms with Crippen LogP contribution in [0.15, 0.2) is 36.5 Å². The number of pyridine rings is 1. The molecule has 1 aliphatic heterocycles. The van der Waals surface area contributed by atoms with Crippen LogP contribution in [0.2, 0.25) is 0 Å². The van der Waals surface area contributed by atoms with Gasteiger partial charge >= 0.3 is 0 Å². The molecule has 0 saturated heterocycles. The molecular weight excluding hydrogens is 325 g/mol. The molecule has 128 valence electrons. The smallest absolute Gasteiger partial charge is 0.197 e. The van der Waals surface area contributed by atoms with Crippen molar-refractivity contribution in [1.29, 1.82) is 0 Å². The SMILES string of the molecule is COc1ccc(C2Oc3cccc(OC)c3P2(=O)C(C)(C)C)nc1. The van der Waals surface area contributed by atoms with Gasteiger partial charge in [0.15, 0.2) is 13.0 Å². The van der Waals surface area contributed by atoms with E-state index in [2.05, 4.69) is 4.98 Å². The lowest BCUT2D eigenvalue weighted by atomic mass is 10.2. The van der Waals surface area contributed by atoms with Crippen LogP contribution in [0, 0.1) is 0 Å². The van der Waals surface area contributed by atoms with Gasteiger partial charge in [-0.05, 0) is 24.3 Å². The number of fused-ring (bicyclic) bond motifs is 1. The number of hydrogen-bond donors (Lipinski definition) is 0. The second kappa shape index (κ2) is 5.82. The fraction of sp³-hybridized carbons (Fsp3) is 0.389. The molecular formula is C18H22NO4P. The topological polar surface area (TPSA) is 57.7 Å². The molecule has 2 aromatic rings. The monoisotopic (exact) mass is 347 g/mol. The Morgan fingerprint density at radius 2 is 1.88 bits per heavy atom. The Bertz CT molecular complexity index is 796. The van der Waals surface area contributed by atoms with Crippen LogP contribution in [0.4, 0.5) is 0 Å². The van der Waals surface area contributed by atoms with E-state index in [1.807, 2.05) is 39.0 Å². The van der Waals surface area contributed by atoms with Crippen molar-refractivity contribution in [3.63, 3.8) is 0 Å². The third-order valence-electron chi connectivity index (χ3n) is 4.33. The van der Waals surface area contributed by atoms with E-state index in [4.69, 9.17) is 14.2 Å². The lowest BCUT2D eigenvalue weighted by Crippen LogP contribution is -2.25. The first kappa shape index (κ1) is 16.8. The predicted molar refractivity (Wildman–Crippen MR) is 94.1 cm³/mol. The molecule has 0 amide bonds. The lowest BCUT2D eigenvalue weighted by Gasteiger charge is -2.31. The van der Waals surface area contributed by atoms with E-state index in [1.165, 1.54) is 0 Å². The van der Waals surface area contributed by atoms with Crippen LogP contribution in [0.5, 0.6) is 17.2 Å². The lowest BCUT2D eigenvalue weighted by molar-refractivity contribution is 0.285. The summed E-state index contributed by atoms with van der Waals surface area (Å²) in [5, 5.41) is 0.168. The number of rotatable bonds is 3. The van der Waals surface area contributed by atoms with Crippen molar-refractivity contribution in [2.75, 3.05) is 14.2 Å². The fourth-order valence-corrected chi connectivity index (χ4v) is 6.34. The molecule has 0 fully saturated rings. The van der Waals surface area contributed by atoms with E-state index in [-0.39, 0.29) is 0 Å². The van der Waals surface area contributed by atoms with Crippen molar-refractivity contribution < 1.29 is 18.8 Å². The van der Waals surface area contributed by atoms with E-state index < -0.39 is 18.1 Å². The average Bonchev–Trinajstić information content (AvgIpc) is 2.89. The largest absolute Gasteiger partial charge is 0.496 e. The minimum atomic E-state index is -3.00. The number of ether oxygens (including phenoxy) is 3. The van der Waals surface area contributed by atoms with E-state index in [0.29, 0.717) is 28.2 Å². The van der Waals surface area contributed by atoms with Gasteiger partial charge in [0.05, 0.1) is 31.4 Å². The Morgan fingerprint density at radius 1 is 1.12 bits per heavy atom. The molecule has 24 heavy (non-hydrogen) atoms. The minimum absolute atomic E-state index is 0.501. The highest BCUT2D eigenvalue weighted by Crippen LogP contribution is 2.72. The van der Waals surface area contributed by atoms with Gasteiger partial charge < -0.3 is 18.8 Å². The molecule has 0 radical (unpaired) electrons. The highest BCUT2D eigenvalue weighted by atomic mass is 31.2. The zero-order chi connectivity index (χ0) is 17.5. The van der Waals surface area contributed by atoms with Gasteiger partial charge in [-0.1, -0.05) is 26.8 Å². The predicted octanol–water partition coefficient (Wildman–Crippen LogP) is 3.98. The molecule has 0 spiro atoms. The standard InChI is InChI=1S/C18H22NO4P/c1-18(2,3)24(20)16-14(22-5)7-6-8-15(16)23-17(24)13-10-9-12(21-4)11-19-13/h6-11,17H,1-5H3. The molecule has 1 aromatic heterocycles. The molecule has 2 atom stereocenters. The molecule has 0 N–H and O–H groups in total. The maximum atomic E-state index is 14.2. The number of benzene rings is 1. The minimum Gasteiger partial charge on any atom is -0.496 e. The number of aromatic nitrogens is 1. The summed E-state index contributed by atoms with van der Waals surface area (Å²) in [6.07, 6.45) is 1.62. The van der Waals surface area contributed by atoms with Gasteiger partial charge in [0.1, 0.15) is 17.2 Å². The third kappa shape index (κ3) is 2.39. The summed E-state index contributed by atoms with van der Waals surface area (Å²) < 4.78 is 31.0. The molecule has 1 aromatic carbocycles. The first-order chi connectivity index (χ1) is 11.3. The van der Waals surface area contributed by atoms with E-state index in [1.54, 1.807) is 32.5 Å². The Hall–Kier alpha value is -2.00. The molecule has 2 unspecified atom stereocenters. The van der Waals surface area contributed by atoms with E-state index in [9.17, 15) is 4.57 Å². The van der Waals surface area contributed by atoms with Crippen molar-refractivity contribution in [1.82, 2.24) is 4.98 Å². The van der Waals surface area contributed by atoms with Crippen LogP contribution in [-0.2, 0) is 4.57 Å². The van der Waals surface area contributed by atoms with Gasteiger partial charge in [0.2, 0.25) is 0 Å². The number of hydrogen-bond acceptors (Lipinski definition) is 5. The summed E-state index contributed by atoms with van der Waals surface area (Å²) in [4.78, 5) is 4.42. The summed E-state index contributed by atoms with van der Waals surface area (Å²) >= 11 is 0. The van der Waals surface area contributed by atoms with Gasteiger partial charge in [-0.15, -0.1) is 0 Å². The fourth-order valence-electron chi connectivity index (χ4n) is 2.99. The van der Waals surface area contributed by atoms with Crippen molar-refractivity contribution in [2.45, 2.75) is 31.8 Å². The van der Waals surface area contributed by atoms with Gasteiger partial charge in [0.25, 0.3) is 0 Å². The van der Waals surface area contributed by atoms with Crippen LogP contribution in [-0.4, -0.2) is 24.4 Å². The Kier molecular flexibility index (Phi) is 4.08. The van der Waals surface area contributed by atoms with Crippen LogP contribution in [0.3, 0.4) is 0 Å². The molecule has 3 rings (SSSR count). The molecule has 0 saturated carbocycles. The van der Waals surface area contributed by atoms with Crippen molar-refractivity contribution >= 4 is 12.4 Å². The van der Waals surface area contributed by atoms with Gasteiger partial charge in [-0.25, -0.2) is 0 Å². The number of nitrogens with zero attached hydrogens (tertiary/aromatic N) is 1. The Balaban J connectivity index is 2.19. The maximum Gasteiger partial charge on any atom is 0.197 e. The maximum absolute atomic E-state index is 14.2. The summed E-state index contributed by atoms with van der Waals surface area (Å²) in [7, 11) is 0.168. The first-order valence-corrected chi connectivity index (χ1v) is 9.54. The van der Waals surface area contributed by atoms with E-state index in [0.717, 1.165) is 0 Å². The normalized spacial score (nSPS) is 22.6. The van der Waals surface area contributed by atoms with Crippen molar-refractivity contribution in [3.8, 4) is 17.2 Å². The van der Waals surface area contributed by atoms with Crippen LogP contribution in [0.25, 0.3) is 0 Å². The van der Waals surface area contributed by atoms with E-state index >= 15 is 0 Å². The highest BCUT2D eigenvalue weighted by molar-refractivity contribution is 7.74. The molecule has 0 aliphatic carbocycles. The number of methoxy groups -OCH3 is 2. The third-order valence-corrected chi connectivity index (χ3v) is 8.46. The second-order valence-corrected chi connectivity index (χ2v) is 10.3. The van der Waals surface area contributed by atoms with Gasteiger partial charge in [-0.3, -0.25) is 4.98 Å². The summed E-state index contributed by atoms with van der Waals surface area (Å²) in [6, 6.07) is 9.11. The molecule has 0 bridgehead atoms. The van der Waals surface area contributed by atoms with Gasteiger partial charge in [-0.2, -0.15) is 0 Å². The Morgan fingerprint density at radius 3 is 2.42 bits per heavy atom. The zero-order valence-electron chi connectivity index (χ0n) is 14.6.